The molecule has 0 saturated carbocycles. The van der Waals surface area contributed by atoms with Gasteiger partial charge in [0.1, 0.15) is 6.04 Å². The number of nitrogens with two attached hydrogens (primary N) is 1. The fourth-order valence-corrected chi connectivity index (χ4v) is 0. The van der Waals surface area contributed by atoms with E-state index in [-0.39, 0.29) is 34.4 Å². The summed E-state index contributed by atoms with van der Waals surface area (Å²) in [6.45, 7) is 1.42. The first-order valence-electron chi connectivity index (χ1n) is 1.63. The Morgan fingerprint density at radius 3 is 1.88 bits per heavy atom. The van der Waals surface area contributed by atoms with E-state index in [4.69, 9.17) is 10.8 Å². The van der Waals surface area contributed by atoms with Gasteiger partial charge in [0.25, 0.3) is 0 Å². The zero-order valence-corrected chi connectivity index (χ0v) is 6.80. The topological polar surface area (TPSA) is 63.3 Å². The van der Waals surface area contributed by atoms with Gasteiger partial charge in [-0.25, -0.2) is 0 Å². The van der Waals surface area contributed by atoms with Crippen LogP contribution in [0.3, 0.4) is 0 Å². The molecule has 3 nitrogen and oxygen atoms in total. The molecule has 46 valence electrons. The van der Waals surface area contributed by atoms with E-state index in [1.807, 2.05) is 0 Å². The Bertz CT molecular complexity index is 68.3. The van der Waals surface area contributed by atoms with Gasteiger partial charge in [0, 0.05) is 34.4 Å². The Balaban J connectivity index is -0.000000125. The SMILES string of the molecule is C[C@H](N)C(=O)O.[Al].[Mn]. The minimum atomic E-state index is -0.963. The molecule has 0 bridgehead atoms. The van der Waals surface area contributed by atoms with Crippen LogP contribution in [0.15, 0.2) is 0 Å². The third-order valence-electron chi connectivity index (χ3n) is 0.390. The minimum absolute atomic E-state index is 0. The van der Waals surface area contributed by atoms with Crippen LogP contribution in [0.4, 0.5) is 0 Å². The van der Waals surface area contributed by atoms with E-state index >= 15 is 0 Å². The van der Waals surface area contributed by atoms with Gasteiger partial charge in [0.15, 0.2) is 0 Å². The molecule has 0 aromatic rings. The third kappa shape index (κ3) is 9.70. The van der Waals surface area contributed by atoms with Gasteiger partial charge in [-0.05, 0) is 6.92 Å². The number of aliphatic carboxylic acids is 1. The van der Waals surface area contributed by atoms with Crippen LogP contribution in [0.1, 0.15) is 6.92 Å². The van der Waals surface area contributed by atoms with E-state index in [9.17, 15) is 4.79 Å². The van der Waals surface area contributed by atoms with Gasteiger partial charge in [0.05, 0.1) is 0 Å². The monoisotopic (exact) mass is 171 g/mol. The van der Waals surface area contributed by atoms with Crippen LogP contribution in [0.2, 0.25) is 0 Å². The molecule has 0 amide bonds. The largest absolute Gasteiger partial charge is 0.480 e. The number of hydrogen-bond acceptors (Lipinski definition) is 2. The fraction of sp³-hybridized carbons (Fsp3) is 0.667. The van der Waals surface area contributed by atoms with Gasteiger partial charge >= 0.3 is 5.97 Å². The van der Waals surface area contributed by atoms with Crippen molar-refractivity contribution >= 4 is 23.3 Å². The Morgan fingerprint density at radius 1 is 1.75 bits per heavy atom. The van der Waals surface area contributed by atoms with E-state index in [1.54, 1.807) is 0 Å². The Labute approximate surface area is 69.2 Å². The first kappa shape index (κ1) is 15.8. The summed E-state index contributed by atoms with van der Waals surface area (Å²) in [5.41, 5.74) is 4.84. The number of carbonyl (C=O) groups is 1. The first-order valence-corrected chi connectivity index (χ1v) is 1.63. The molecule has 5 heteroatoms. The molecule has 1 atom stereocenters. The summed E-state index contributed by atoms with van der Waals surface area (Å²) in [5.74, 6) is -0.963. The zero-order chi connectivity index (χ0) is 5.15. The molecule has 0 rings (SSSR count). The van der Waals surface area contributed by atoms with E-state index < -0.39 is 12.0 Å². The molecule has 8 heavy (non-hydrogen) atoms. The van der Waals surface area contributed by atoms with Crippen LogP contribution in [0.5, 0.6) is 0 Å². The minimum Gasteiger partial charge on any atom is -0.480 e. The van der Waals surface area contributed by atoms with Crippen molar-refractivity contribution in [3.63, 3.8) is 0 Å². The Morgan fingerprint density at radius 2 is 1.88 bits per heavy atom. The maximum absolute atomic E-state index is 9.57. The summed E-state index contributed by atoms with van der Waals surface area (Å²) < 4.78 is 0. The molecule has 0 saturated heterocycles. The quantitative estimate of drug-likeness (QED) is 0.499. The Hall–Kier alpha value is 0.482. The summed E-state index contributed by atoms with van der Waals surface area (Å²) >= 11 is 0. The molecule has 0 fully saturated rings. The number of carboxylic acids is 1. The maximum atomic E-state index is 9.57. The number of hydrogen-bond donors (Lipinski definition) is 2. The second kappa shape index (κ2) is 7.48. The van der Waals surface area contributed by atoms with Crippen LogP contribution in [0.25, 0.3) is 0 Å². The summed E-state index contributed by atoms with van der Waals surface area (Å²) in [6.07, 6.45) is 0. The smallest absolute Gasteiger partial charge is 0.320 e. The van der Waals surface area contributed by atoms with Crippen LogP contribution < -0.4 is 5.73 Å². The van der Waals surface area contributed by atoms with E-state index in [0.29, 0.717) is 0 Å². The van der Waals surface area contributed by atoms with Gasteiger partial charge < -0.3 is 10.8 Å². The molecule has 0 unspecified atom stereocenters. The summed E-state index contributed by atoms with van der Waals surface area (Å²) in [5, 5.41) is 7.87. The average Bonchev–Trinajstić information content (AvgIpc) is 1.36. The van der Waals surface area contributed by atoms with Gasteiger partial charge in [-0.15, -0.1) is 0 Å². The number of rotatable bonds is 1. The second-order valence-corrected chi connectivity index (χ2v) is 1.13. The maximum Gasteiger partial charge on any atom is 0.320 e. The van der Waals surface area contributed by atoms with Crippen molar-refractivity contribution < 1.29 is 27.0 Å². The summed E-state index contributed by atoms with van der Waals surface area (Å²) in [6, 6.07) is -0.731. The fourth-order valence-electron chi connectivity index (χ4n) is 0. The van der Waals surface area contributed by atoms with E-state index in [0.717, 1.165) is 0 Å². The van der Waals surface area contributed by atoms with Gasteiger partial charge in [-0.3, -0.25) is 4.79 Å². The van der Waals surface area contributed by atoms with Crippen molar-refractivity contribution in [3.8, 4) is 0 Å². The molecular weight excluding hydrogens is 164 g/mol. The zero-order valence-electron chi connectivity index (χ0n) is 4.47. The number of carboxylic acid groups (broad SMARTS) is 1. The molecule has 0 aliphatic carbocycles. The second-order valence-electron chi connectivity index (χ2n) is 1.13. The molecule has 0 heterocycles. The molecule has 3 N–H and O–H groups in total. The van der Waals surface area contributed by atoms with E-state index in [2.05, 4.69) is 0 Å². The summed E-state index contributed by atoms with van der Waals surface area (Å²) in [4.78, 5) is 9.57. The first-order chi connectivity index (χ1) is 2.64. The van der Waals surface area contributed by atoms with Crippen LogP contribution in [0, 0.1) is 0 Å². The molecule has 0 aliphatic heterocycles. The molecular formula is C3H7AlMnNO2. The predicted molar refractivity (Wildman–Crippen MR) is 27.0 cm³/mol. The van der Waals surface area contributed by atoms with Crippen LogP contribution in [-0.2, 0) is 21.9 Å². The van der Waals surface area contributed by atoms with Crippen molar-refractivity contribution in [3.05, 3.63) is 0 Å². The van der Waals surface area contributed by atoms with Crippen LogP contribution in [-0.4, -0.2) is 34.5 Å². The molecule has 0 aromatic heterocycles. The molecule has 0 spiro atoms. The van der Waals surface area contributed by atoms with Crippen molar-refractivity contribution in [1.29, 1.82) is 0 Å². The predicted octanol–water partition coefficient (Wildman–Crippen LogP) is -0.965. The van der Waals surface area contributed by atoms with Crippen LogP contribution >= 0.6 is 0 Å². The standard InChI is InChI=1S/C3H7NO2.Al.Mn/c1-2(4)3(5)6;;/h2H,4H2,1H3,(H,5,6);;/t2-;;/m0../s1. The molecule has 0 aliphatic rings. The van der Waals surface area contributed by atoms with Gasteiger partial charge in [-0.2, -0.15) is 0 Å². The molecule has 4 radical (unpaired) electrons. The normalized spacial score (nSPS) is 10.2. The van der Waals surface area contributed by atoms with Crippen molar-refractivity contribution in [1.82, 2.24) is 0 Å². The van der Waals surface area contributed by atoms with Crippen molar-refractivity contribution in [2.24, 2.45) is 5.73 Å². The Kier molecular flexibility index (Phi) is 14.8. The summed E-state index contributed by atoms with van der Waals surface area (Å²) in [7, 11) is 0. The van der Waals surface area contributed by atoms with Crippen molar-refractivity contribution in [2.75, 3.05) is 0 Å². The van der Waals surface area contributed by atoms with E-state index in [1.165, 1.54) is 6.92 Å². The average molecular weight is 171 g/mol. The third-order valence-corrected chi connectivity index (χ3v) is 0.390. The van der Waals surface area contributed by atoms with Gasteiger partial charge in [0.2, 0.25) is 0 Å². The molecule has 0 aromatic carbocycles. The van der Waals surface area contributed by atoms with Gasteiger partial charge in [-0.1, -0.05) is 0 Å². The van der Waals surface area contributed by atoms with Crippen molar-refractivity contribution in [2.45, 2.75) is 13.0 Å².